The predicted molar refractivity (Wildman–Crippen MR) is 49.5 cm³/mol. The van der Waals surface area contributed by atoms with Gasteiger partial charge in [0.05, 0.1) is 0 Å². The van der Waals surface area contributed by atoms with Crippen molar-refractivity contribution < 1.29 is 9.90 Å². The van der Waals surface area contributed by atoms with Gasteiger partial charge in [-0.05, 0) is 25.0 Å². The Labute approximate surface area is 81.8 Å². The van der Waals surface area contributed by atoms with Crippen molar-refractivity contribution in [1.82, 2.24) is 4.98 Å². The van der Waals surface area contributed by atoms with E-state index in [1.807, 2.05) is 6.07 Å². The monoisotopic (exact) mass is 190 g/mol. The van der Waals surface area contributed by atoms with Crippen molar-refractivity contribution in [1.29, 1.82) is 5.26 Å². The van der Waals surface area contributed by atoms with Gasteiger partial charge < -0.3 is 5.11 Å². The van der Waals surface area contributed by atoms with E-state index < -0.39 is 5.97 Å². The maximum atomic E-state index is 10.2. The van der Waals surface area contributed by atoms with Crippen LogP contribution in [0.4, 0.5) is 0 Å². The van der Waals surface area contributed by atoms with Crippen LogP contribution in [-0.4, -0.2) is 16.1 Å². The second kappa shape index (κ2) is 4.97. The van der Waals surface area contributed by atoms with Gasteiger partial charge in [0.1, 0.15) is 11.8 Å². The number of aliphatic carboxylic acids is 1. The van der Waals surface area contributed by atoms with Crippen molar-refractivity contribution in [2.24, 2.45) is 0 Å². The van der Waals surface area contributed by atoms with Gasteiger partial charge in [-0.3, -0.25) is 4.79 Å². The Kier molecular flexibility index (Phi) is 3.62. The molecule has 0 amide bonds. The maximum Gasteiger partial charge on any atom is 0.303 e. The van der Waals surface area contributed by atoms with Gasteiger partial charge in [0, 0.05) is 12.1 Å². The summed E-state index contributed by atoms with van der Waals surface area (Å²) >= 11 is 0. The van der Waals surface area contributed by atoms with Crippen LogP contribution in [0.25, 0.3) is 0 Å². The lowest BCUT2D eigenvalue weighted by Gasteiger charge is -1.98. The first kappa shape index (κ1) is 10.2. The molecule has 0 atom stereocenters. The van der Waals surface area contributed by atoms with Crippen LogP contribution in [0.15, 0.2) is 18.2 Å². The van der Waals surface area contributed by atoms with Crippen LogP contribution in [0.1, 0.15) is 24.2 Å². The van der Waals surface area contributed by atoms with E-state index in [0.29, 0.717) is 18.5 Å². The topological polar surface area (TPSA) is 74.0 Å². The highest BCUT2D eigenvalue weighted by Crippen LogP contribution is 2.03. The van der Waals surface area contributed by atoms with E-state index in [1.54, 1.807) is 18.2 Å². The Bertz CT molecular complexity index is 369. The van der Waals surface area contributed by atoms with E-state index in [9.17, 15) is 4.79 Å². The zero-order chi connectivity index (χ0) is 10.4. The minimum Gasteiger partial charge on any atom is -0.481 e. The fourth-order valence-corrected chi connectivity index (χ4v) is 1.10. The first-order valence-corrected chi connectivity index (χ1v) is 4.30. The van der Waals surface area contributed by atoms with E-state index in [1.165, 1.54) is 0 Å². The molecule has 0 bridgehead atoms. The molecule has 1 N–H and O–H groups in total. The molecule has 0 aliphatic heterocycles. The molecule has 1 aromatic heterocycles. The summed E-state index contributed by atoms with van der Waals surface area (Å²) in [4.78, 5) is 14.3. The van der Waals surface area contributed by atoms with Crippen molar-refractivity contribution in [3.05, 3.63) is 29.6 Å². The molecule has 14 heavy (non-hydrogen) atoms. The van der Waals surface area contributed by atoms with Crippen LogP contribution in [0.2, 0.25) is 0 Å². The number of hydrogen-bond donors (Lipinski definition) is 1. The molecular formula is C10H10N2O2. The van der Waals surface area contributed by atoms with Crippen molar-refractivity contribution >= 4 is 5.97 Å². The van der Waals surface area contributed by atoms with Gasteiger partial charge in [-0.25, -0.2) is 4.98 Å². The number of aromatic nitrogens is 1. The molecule has 0 saturated carbocycles. The predicted octanol–water partition coefficient (Wildman–Crippen LogP) is 1.36. The Morgan fingerprint density at radius 2 is 2.36 bits per heavy atom. The van der Waals surface area contributed by atoms with E-state index >= 15 is 0 Å². The summed E-state index contributed by atoms with van der Waals surface area (Å²) in [6, 6.07) is 7.11. The number of pyridine rings is 1. The van der Waals surface area contributed by atoms with E-state index in [-0.39, 0.29) is 6.42 Å². The van der Waals surface area contributed by atoms with E-state index in [2.05, 4.69) is 4.98 Å². The Morgan fingerprint density at radius 1 is 1.57 bits per heavy atom. The first-order valence-electron chi connectivity index (χ1n) is 4.30. The van der Waals surface area contributed by atoms with Crippen LogP contribution in [0.3, 0.4) is 0 Å². The quantitative estimate of drug-likeness (QED) is 0.777. The van der Waals surface area contributed by atoms with Crippen molar-refractivity contribution in [3.63, 3.8) is 0 Å². The summed E-state index contributed by atoms with van der Waals surface area (Å²) in [5, 5.41) is 17.0. The fraction of sp³-hybridized carbons (Fsp3) is 0.300. The zero-order valence-corrected chi connectivity index (χ0v) is 7.60. The van der Waals surface area contributed by atoms with Crippen molar-refractivity contribution in [2.75, 3.05) is 0 Å². The summed E-state index contributed by atoms with van der Waals surface area (Å²) in [7, 11) is 0. The Hall–Kier alpha value is -1.89. The summed E-state index contributed by atoms with van der Waals surface area (Å²) in [5.74, 6) is -0.804. The minimum absolute atomic E-state index is 0.137. The van der Waals surface area contributed by atoms with Gasteiger partial charge in [0.2, 0.25) is 0 Å². The summed E-state index contributed by atoms with van der Waals surface area (Å²) < 4.78 is 0. The Morgan fingerprint density at radius 3 is 3.00 bits per heavy atom. The molecule has 0 aliphatic carbocycles. The number of carboxylic acids is 1. The first-order chi connectivity index (χ1) is 6.72. The van der Waals surface area contributed by atoms with Gasteiger partial charge in [-0.15, -0.1) is 0 Å². The average molecular weight is 190 g/mol. The van der Waals surface area contributed by atoms with Crippen LogP contribution < -0.4 is 0 Å². The standard InChI is InChI=1S/C10H10N2O2/c11-7-9-5-1-3-8(12-9)4-2-6-10(13)14/h1,3,5H,2,4,6H2,(H,13,14). The molecule has 0 spiro atoms. The third-order valence-electron chi connectivity index (χ3n) is 1.74. The number of carbonyl (C=O) groups is 1. The third-order valence-corrected chi connectivity index (χ3v) is 1.74. The lowest BCUT2D eigenvalue weighted by Crippen LogP contribution is -1.97. The zero-order valence-electron chi connectivity index (χ0n) is 7.60. The highest BCUT2D eigenvalue weighted by Gasteiger charge is 2.00. The lowest BCUT2D eigenvalue weighted by molar-refractivity contribution is -0.137. The largest absolute Gasteiger partial charge is 0.481 e. The highest BCUT2D eigenvalue weighted by molar-refractivity contribution is 5.66. The number of aryl methyl sites for hydroxylation is 1. The second-order valence-corrected chi connectivity index (χ2v) is 2.87. The number of nitriles is 1. The van der Waals surface area contributed by atoms with Gasteiger partial charge in [-0.1, -0.05) is 6.07 Å². The molecule has 0 radical (unpaired) electrons. The average Bonchev–Trinajstić information content (AvgIpc) is 2.18. The van der Waals surface area contributed by atoms with Gasteiger partial charge in [0.25, 0.3) is 0 Å². The molecule has 1 aromatic rings. The summed E-state index contributed by atoms with van der Waals surface area (Å²) in [6.07, 6.45) is 1.29. The number of carboxylic acid groups (broad SMARTS) is 1. The maximum absolute atomic E-state index is 10.2. The van der Waals surface area contributed by atoms with Gasteiger partial charge in [-0.2, -0.15) is 5.26 Å². The minimum atomic E-state index is -0.804. The Balaban J connectivity index is 2.51. The molecule has 4 nitrogen and oxygen atoms in total. The molecule has 4 heteroatoms. The summed E-state index contributed by atoms with van der Waals surface area (Å²) in [6.45, 7) is 0. The molecule has 0 fully saturated rings. The molecule has 1 heterocycles. The smallest absolute Gasteiger partial charge is 0.303 e. The lowest BCUT2D eigenvalue weighted by atomic mass is 10.2. The van der Waals surface area contributed by atoms with Crippen molar-refractivity contribution in [2.45, 2.75) is 19.3 Å². The normalized spacial score (nSPS) is 9.36. The molecule has 0 aromatic carbocycles. The fourth-order valence-electron chi connectivity index (χ4n) is 1.10. The third kappa shape index (κ3) is 3.23. The molecule has 0 unspecified atom stereocenters. The van der Waals surface area contributed by atoms with Gasteiger partial charge >= 0.3 is 5.97 Å². The molecular weight excluding hydrogens is 180 g/mol. The number of rotatable bonds is 4. The van der Waals surface area contributed by atoms with Gasteiger partial charge in [0.15, 0.2) is 0 Å². The van der Waals surface area contributed by atoms with Crippen LogP contribution in [0, 0.1) is 11.3 Å². The second-order valence-electron chi connectivity index (χ2n) is 2.87. The van der Waals surface area contributed by atoms with Crippen molar-refractivity contribution in [3.8, 4) is 6.07 Å². The molecule has 1 rings (SSSR count). The van der Waals surface area contributed by atoms with Crippen LogP contribution in [-0.2, 0) is 11.2 Å². The van der Waals surface area contributed by atoms with Crippen LogP contribution in [0.5, 0.6) is 0 Å². The molecule has 0 aliphatic rings. The van der Waals surface area contributed by atoms with Crippen LogP contribution >= 0.6 is 0 Å². The summed E-state index contributed by atoms with van der Waals surface area (Å²) in [5.41, 5.74) is 1.14. The van der Waals surface area contributed by atoms with E-state index in [0.717, 1.165) is 5.69 Å². The molecule has 0 saturated heterocycles. The number of hydrogen-bond acceptors (Lipinski definition) is 3. The molecule has 72 valence electrons. The number of nitrogens with zero attached hydrogens (tertiary/aromatic N) is 2. The highest BCUT2D eigenvalue weighted by atomic mass is 16.4. The SMILES string of the molecule is N#Cc1cccc(CCCC(=O)O)n1. The van der Waals surface area contributed by atoms with E-state index in [4.69, 9.17) is 10.4 Å².